The Kier molecular flexibility index (Phi) is 5.00. The first-order chi connectivity index (χ1) is 9.25. The van der Waals surface area contributed by atoms with Gasteiger partial charge in [-0.25, -0.2) is 0 Å². The van der Waals surface area contributed by atoms with Crippen molar-refractivity contribution >= 4 is 18.2 Å². The van der Waals surface area contributed by atoms with Gasteiger partial charge >= 0.3 is 0 Å². The predicted molar refractivity (Wildman–Crippen MR) is 81.0 cm³/mol. The highest BCUT2D eigenvalue weighted by Crippen LogP contribution is 2.25. The molecule has 1 fully saturated rings. The summed E-state index contributed by atoms with van der Waals surface area (Å²) >= 11 is 0. The van der Waals surface area contributed by atoms with Crippen LogP contribution in [-0.4, -0.2) is 23.9 Å². The van der Waals surface area contributed by atoms with Crippen LogP contribution < -0.4 is 10.9 Å². The Labute approximate surface area is 124 Å². The fraction of sp³-hybridized carbons (Fsp3) is 0.600. The van der Waals surface area contributed by atoms with Crippen LogP contribution in [0.2, 0.25) is 0 Å². The zero-order valence-electron chi connectivity index (χ0n) is 11.5. The average molecular weight is 297 g/mol. The number of fused-ring (bicyclic) bond motifs is 1. The number of piperidine rings is 1. The van der Waals surface area contributed by atoms with E-state index in [1.165, 1.54) is 0 Å². The van der Waals surface area contributed by atoms with Gasteiger partial charge in [0.15, 0.2) is 5.78 Å². The van der Waals surface area contributed by atoms with Crippen molar-refractivity contribution in [3.05, 3.63) is 33.2 Å². The number of hydrogen-bond donors (Lipinski definition) is 2. The normalized spacial score (nSPS) is 19.9. The van der Waals surface area contributed by atoms with E-state index in [4.69, 9.17) is 0 Å². The fourth-order valence-electron chi connectivity index (χ4n) is 3.20. The molecular weight excluding hydrogens is 276 g/mol. The van der Waals surface area contributed by atoms with E-state index in [-0.39, 0.29) is 23.7 Å². The summed E-state index contributed by atoms with van der Waals surface area (Å²) in [6.45, 7) is 1.94. The highest BCUT2D eigenvalue weighted by Gasteiger charge is 2.22. The van der Waals surface area contributed by atoms with Crippen LogP contribution in [-0.2, 0) is 6.42 Å². The molecule has 2 heterocycles. The summed E-state index contributed by atoms with van der Waals surface area (Å²) in [5.41, 5.74) is 2.45. The first-order valence-electron chi connectivity index (χ1n) is 7.25. The minimum absolute atomic E-state index is 0. The first kappa shape index (κ1) is 15.3. The second-order valence-corrected chi connectivity index (χ2v) is 5.61. The molecule has 0 aromatic carbocycles. The Bertz CT molecular complexity index is 547. The molecule has 0 saturated carbocycles. The van der Waals surface area contributed by atoms with Crippen molar-refractivity contribution in [1.82, 2.24) is 10.3 Å². The maximum absolute atomic E-state index is 12.2. The molecule has 0 atom stereocenters. The van der Waals surface area contributed by atoms with Crippen LogP contribution in [0.1, 0.15) is 59.6 Å². The molecule has 1 aliphatic heterocycles. The number of aryl methyl sites for hydroxylation is 1. The SMILES string of the molecule is Cl.O=C1CCCCc2cc(C3CCNCC3)c(=O)[nH]c21. The summed E-state index contributed by atoms with van der Waals surface area (Å²) < 4.78 is 0. The number of aromatic amines is 1. The van der Waals surface area contributed by atoms with Crippen molar-refractivity contribution < 1.29 is 4.79 Å². The third-order valence-electron chi connectivity index (χ3n) is 4.31. The van der Waals surface area contributed by atoms with E-state index >= 15 is 0 Å². The van der Waals surface area contributed by atoms with E-state index in [1.807, 2.05) is 6.07 Å². The standard InChI is InChI=1S/C15H20N2O2.ClH/c18-13-4-2-1-3-11-9-12(15(19)17-14(11)13)10-5-7-16-8-6-10;/h9-10,16H,1-8H2,(H,17,19);1H. The second kappa shape index (κ2) is 6.55. The third-order valence-corrected chi connectivity index (χ3v) is 4.31. The van der Waals surface area contributed by atoms with Gasteiger partial charge in [0.2, 0.25) is 0 Å². The number of pyridine rings is 1. The van der Waals surface area contributed by atoms with Crippen LogP contribution >= 0.6 is 12.4 Å². The summed E-state index contributed by atoms with van der Waals surface area (Å²) in [5, 5.41) is 3.32. The Morgan fingerprint density at radius 2 is 1.75 bits per heavy atom. The number of rotatable bonds is 1. The smallest absolute Gasteiger partial charge is 0.251 e. The predicted octanol–water partition coefficient (Wildman–Crippen LogP) is 2.17. The molecule has 110 valence electrons. The number of aromatic nitrogens is 1. The van der Waals surface area contributed by atoms with Gasteiger partial charge in [0.05, 0.1) is 5.69 Å². The number of halogens is 1. The van der Waals surface area contributed by atoms with Gasteiger partial charge in [0.25, 0.3) is 5.56 Å². The molecule has 20 heavy (non-hydrogen) atoms. The summed E-state index contributed by atoms with van der Waals surface area (Å²) in [5.74, 6) is 0.440. The van der Waals surface area contributed by atoms with Crippen molar-refractivity contribution in [3.8, 4) is 0 Å². The molecular formula is C15H21ClN2O2. The molecule has 0 bridgehead atoms. The van der Waals surface area contributed by atoms with Gasteiger partial charge in [-0.3, -0.25) is 9.59 Å². The highest BCUT2D eigenvalue weighted by atomic mass is 35.5. The quantitative estimate of drug-likeness (QED) is 0.781. The molecule has 0 amide bonds. The van der Waals surface area contributed by atoms with Crippen molar-refractivity contribution in [3.63, 3.8) is 0 Å². The lowest BCUT2D eigenvalue weighted by Gasteiger charge is -2.23. The number of carbonyl (C=O) groups excluding carboxylic acids is 1. The molecule has 0 radical (unpaired) electrons. The molecule has 4 nitrogen and oxygen atoms in total. The number of nitrogens with one attached hydrogen (secondary N) is 2. The molecule has 2 N–H and O–H groups in total. The van der Waals surface area contributed by atoms with Crippen LogP contribution in [0.4, 0.5) is 0 Å². The minimum Gasteiger partial charge on any atom is -0.319 e. The Balaban J connectivity index is 0.00000147. The maximum Gasteiger partial charge on any atom is 0.251 e. The van der Waals surface area contributed by atoms with Crippen molar-refractivity contribution in [2.45, 2.75) is 44.4 Å². The lowest BCUT2D eigenvalue weighted by Crippen LogP contribution is -2.30. The van der Waals surface area contributed by atoms with Crippen molar-refractivity contribution in [2.24, 2.45) is 0 Å². The van der Waals surface area contributed by atoms with Crippen molar-refractivity contribution in [2.75, 3.05) is 13.1 Å². The average Bonchev–Trinajstić information content (AvgIpc) is 2.61. The first-order valence-corrected chi connectivity index (χ1v) is 7.25. The van der Waals surface area contributed by atoms with Gasteiger partial charge in [-0.05, 0) is 62.7 Å². The summed E-state index contributed by atoms with van der Waals surface area (Å²) in [6, 6.07) is 2.01. The molecule has 1 aliphatic carbocycles. The molecule has 2 aliphatic rings. The Morgan fingerprint density at radius 1 is 1.05 bits per heavy atom. The van der Waals surface area contributed by atoms with E-state index in [1.54, 1.807) is 0 Å². The van der Waals surface area contributed by atoms with Crippen LogP contribution in [0.3, 0.4) is 0 Å². The largest absolute Gasteiger partial charge is 0.319 e. The molecule has 1 aromatic heterocycles. The maximum atomic E-state index is 12.2. The van der Waals surface area contributed by atoms with Gasteiger partial charge in [-0.2, -0.15) is 0 Å². The van der Waals surface area contributed by atoms with Gasteiger partial charge < -0.3 is 10.3 Å². The number of Topliss-reactive ketones (excluding diaryl/α,β-unsaturated/α-hetero) is 1. The lowest BCUT2D eigenvalue weighted by atomic mass is 9.89. The van der Waals surface area contributed by atoms with E-state index in [2.05, 4.69) is 10.3 Å². The van der Waals surface area contributed by atoms with E-state index in [0.29, 0.717) is 18.0 Å². The molecule has 3 rings (SSSR count). The van der Waals surface area contributed by atoms with Crippen molar-refractivity contribution in [1.29, 1.82) is 0 Å². The van der Waals surface area contributed by atoms with Crippen LogP contribution in [0.5, 0.6) is 0 Å². The van der Waals surface area contributed by atoms with Crippen LogP contribution in [0.15, 0.2) is 10.9 Å². The number of H-pyrrole nitrogens is 1. The fourth-order valence-corrected chi connectivity index (χ4v) is 3.20. The van der Waals surface area contributed by atoms with E-state index < -0.39 is 0 Å². The summed E-state index contributed by atoms with van der Waals surface area (Å²) in [4.78, 5) is 27.0. The molecule has 5 heteroatoms. The topological polar surface area (TPSA) is 62.0 Å². The van der Waals surface area contributed by atoms with Crippen LogP contribution in [0.25, 0.3) is 0 Å². The molecule has 1 aromatic rings. The Hall–Kier alpha value is -1.13. The summed E-state index contributed by atoms with van der Waals surface area (Å²) in [7, 11) is 0. The zero-order chi connectivity index (χ0) is 13.2. The molecule has 0 spiro atoms. The van der Waals surface area contributed by atoms with Gasteiger partial charge in [-0.15, -0.1) is 12.4 Å². The minimum atomic E-state index is -0.0547. The van der Waals surface area contributed by atoms with Gasteiger partial charge in [0.1, 0.15) is 0 Å². The van der Waals surface area contributed by atoms with Crippen LogP contribution in [0, 0.1) is 0 Å². The Morgan fingerprint density at radius 3 is 2.50 bits per heavy atom. The zero-order valence-corrected chi connectivity index (χ0v) is 12.4. The van der Waals surface area contributed by atoms with E-state index in [9.17, 15) is 9.59 Å². The summed E-state index contributed by atoms with van der Waals surface area (Å²) in [6.07, 6.45) is 5.46. The number of carbonyl (C=O) groups is 1. The number of hydrogen-bond acceptors (Lipinski definition) is 3. The monoisotopic (exact) mass is 296 g/mol. The second-order valence-electron chi connectivity index (χ2n) is 5.61. The highest BCUT2D eigenvalue weighted by molar-refractivity contribution is 5.95. The van der Waals surface area contributed by atoms with E-state index in [0.717, 1.165) is 56.3 Å². The lowest BCUT2D eigenvalue weighted by molar-refractivity contribution is 0.0977. The van der Waals surface area contributed by atoms with Gasteiger partial charge in [0, 0.05) is 12.0 Å². The molecule has 1 saturated heterocycles. The third kappa shape index (κ3) is 2.96. The molecule has 0 unspecified atom stereocenters. The number of ketones is 1. The van der Waals surface area contributed by atoms with Gasteiger partial charge in [-0.1, -0.05) is 0 Å².